The lowest BCUT2D eigenvalue weighted by Gasteiger charge is -2.15. The van der Waals surface area contributed by atoms with Crippen molar-refractivity contribution in [1.29, 1.82) is 0 Å². The van der Waals surface area contributed by atoms with Gasteiger partial charge in [-0.3, -0.25) is 0 Å². The van der Waals surface area contributed by atoms with Crippen LogP contribution in [0.5, 0.6) is 0 Å². The molecule has 0 fully saturated rings. The third-order valence-corrected chi connectivity index (χ3v) is 3.23. The van der Waals surface area contributed by atoms with E-state index in [0.29, 0.717) is 12.2 Å². The monoisotopic (exact) mass is 300 g/mol. The number of rotatable bonds is 6. The summed E-state index contributed by atoms with van der Waals surface area (Å²) in [4.78, 5) is 22.6. The number of benzene rings is 1. The first-order valence-corrected chi connectivity index (χ1v) is 7.39. The van der Waals surface area contributed by atoms with E-state index < -0.39 is 23.9 Å². The first-order valence-electron chi connectivity index (χ1n) is 5.99. The molecule has 0 saturated carbocycles. The minimum atomic E-state index is -1.11. The number of carboxylic acid groups (broad SMARTS) is 1. The summed E-state index contributed by atoms with van der Waals surface area (Å²) in [6, 6.07) is 2.65. The van der Waals surface area contributed by atoms with E-state index >= 15 is 0 Å². The lowest BCUT2D eigenvalue weighted by Crippen LogP contribution is -2.43. The number of hydrogen-bond acceptors (Lipinski definition) is 3. The molecule has 1 aromatic rings. The molecule has 0 aromatic heterocycles. The number of nitrogens with one attached hydrogen (secondary N) is 2. The van der Waals surface area contributed by atoms with Crippen LogP contribution in [0.15, 0.2) is 18.2 Å². The minimum absolute atomic E-state index is 0.0158. The third-order valence-electron chi connectivity index (χ3n) is 2.59. The maximum Gasteiger partial charge on any atom is 0.326 e. The molecule has 1 atom stereocenters. The number of anilines is 1. The van der Waals surface area contributed by atoms with E-state index in [0.717, 1.165) is 5.56 Å². The van der Waals surface area contributed by atoms with Crippen LogP contribution in [0.4, 0.5) is 14.9 Å². The number of aryl methyl sites for hydroxylation is 1. The summed E-state index contributed by atoms with van der Waals surface area (Å²) in [5, 5.41) is 13.6. The summed E-state index contributed by atoms with van der Waals surface area (Å²) in [6.07, 6.45) is 2.15. The molecule has 1 rings (SSSR count). The highest BCUT2D eigenvalue weighted by Crippen LogP contribution is 2.15. The van der Waals surface area contributed by atoms with Gasteiger partial charge in [0.2, 0.25) is 0 Å². The van der Waals surface area contributed by atoms with Crippen molar-refractivity contribution in [1.82, 2.24) is 5.32 Å². The van der Waals surface area contributed by atoms with Crippen molar-refractivity contribution in [3.8, 4) is 0 Å². The molecule has 0 bridgehead atoms. The van der Waals surface area contributed by atoms with Crippen molar-refractivity contribution in [3.05, 3.63) is 29.6 Å². The van der Waals surface area contributed by atoms with Crippen LogP contribution in [0.3, 0.4) is 0 Å². The fourth-order valence-electron chi connectivity index (χ4n) is 1.53. The van der Waals surface area contributed by atoms with Crippen molar-refractivity contribution >= 4 is 29.4 Å². The van der Waals surface area contributed by atoms with E-state index in [2.05, 4.69) is 10.6 Å². The molecule has 0 heterocycles. The summed E-state index contributed by atoms with van der Waals surface area (Å²) in [6.45, 7) is 1.73. The molecule has 2 amide bonds. The number of carbonyl (C=O) groups excluding carboxylic acids is 1. The average molecular weight is 300 g/mol. The van der Waals surface area contributed by atoms with Gasteiger partial charge in [-0.1, -0.05) is 6.07 Å². The first-order chi connectivity index (χ1) is 9.43. The van der Waals surface area contributed by atoms with E-state index in [1.165, 1.54) is 23.9 Å². The minimum Gasteiger partial charge on any atom is -0.480 e. The van der Waals surface area contributed by atoms with E-state index in [4.69, 9.17) is 5.11 Å². The maximum atomic E-state index is 13.5. The topological polar surface area (TPSA) is 78.4 Å². The lowest BCUT2D eigenvalue weighted by molar-refractivity contribution is -0.139. The molecule has 0 spiro atoms. The molecular formula is C13H17FN2O3S. The second kappa shape index (κ2) is 7.74. The largest absolute Gasteiger partial charge is 0.480 e. The van der Waals surface area contributed by atoms with Crippen LogP contribution in [-0.2, 0) is 4.79 Å². The Morgan fingerprint density at radius 1 is 1.45 bits per heavy atom. The first kappa shape index (κ1) is 16.3. The predicted molar refractivity (Wildman–Crippen MR) is 77.7 cm³/mol. The van der Waals surface area contributed by atoms with Gasteiger partial charge in [-0.15, -0.1) is 0 Å². The number of thioether (sulfide) groups is 1. The molecule has 0 aliphatic heterocycles. The Kier molecular flexibility index (Phi) is 6.30. The highest BCUT2D eigenvalue weighted by molar-refractivity contribution is 7.98. The molecule has 20 heavy (non-hydrogen) atoms. The fraction of sp³-hybridized carbons (Fsp3) is 0.385. The Morgan fingerprint density at radius 2 is 2.15 bits per heavy atom. The SMILES string of the molecule is CSCC[C@H](NC(=O)Nc1ccc(C)cc1F)C(=O)O. The van der Waals surface area contributed by atoms with Gasteiger partial charge in [0, 0.05) is 0 Å². The van der Waals surface area contributed by atoms with E-state index in [9.17, 15) is 14.0 Å². The molecule has 5 nitrogen and oxygen atoms in total. The van der Waals surface area contributed by atoms with Crippen LogP contribution >= 0.6 is 11.8 Å². The zero-order valence-corrected chi connectivity index (χ0v) is 12.1. The molecular weight excluding hydrogens is 283 g/mol. The summed E-state index contributed by atoms with van der Waals surface area (Å²) >= 11 is 1.49. The predicted octanol–water partition coefficient (Wildman–Crippen LogP) is 2.46. The van der Waals surface area contributed by atoms with Crippen molar-refractivity contribution in [2.45, 2.75) is 19.4 Å². The summed E-state index contributed by atoms with van der Waals surface area (Å²) < 4.78 is 13.5. The van der Waals surface area contributed by atoms with Crippen LogP contribution in [0.2, 0.25) is 0 Å². The number of amides is 2. The number of urea groups is 1. The van der Waals surface area contributed by atoms with Gasteiger partial charge in [0.25, 0.3) is 0 Å². The van der Waals surface area contributed by atoms with Gasteiger partial charge in [-0.05, 0) is 43.0 Å². The summed E-state index contributed by atoms with van der Waals surface area (Å²) in [7, 11) is 0. The van der Waals surface area contributed by atoms with Crippen molar-refractivity contribution < 1.29 is 19.1 Å². The van der Waals surface area contributed by atoms with Crippen LogP contribution in [-0.4, -0.2) is 35.2 Å². The second-order valence-corrected chi connectivity index (χ2v) is 5.24. The molecule has 0 radical (unpaired) electrons. The van der Waals surface area contributed by atoms with Gasteiger partial charge in [-0.2, -0.15) is 11.8 Å². The Hall–Kier alpha value is -1.76. The highest BCUT2D eigenvalue weighted by atomic mass is 32.2. The zero-order chi connectivity index (χ0) is 15.1. The zero-order valence-electron chi connectivity index (χ0n) is 11.3. The lowest BCUT2D eigenvalue weighted by atomic mass is 10.2. The van der Waals surface area contributed by atoms with Crippen molar-refractivity contribution in [2.75, 3.05) is 17.3 Å². The maximum absolute atomic E-state index is 13.5. The number of carboxylic acids is 1. The molecule has 0 saturated heterocycles. The Bertz CT molecular complexity index is 497. The molecule has 110 valence electrons. The van der Waals surface area contributed by atoms with Crippen molar-refractivity contribution in [2.24, 2.45) is 0 Å². The Morgan fingerprint density at radius 3 is 2.70 bits per heavy atom. The van der Waals surface area contributed by atoms with Gasteiger partial charge >= 0.3 is 12.0 Å². The molecule has 3 N–H and O–H groups in total. The second-order valence-electron chi connectivity index (χ2n) is 4.25. The van der Waals surface area contributed by atoms with Gasteiger partial charge in [0.05, 0.1) is 5.69 Å². The summed E-state index contributed by atoms with van der Waals surface area (Å²) in [5.74, 6) is -1.06. The molecule has 7 heteroatoms. The smallest absolute Gasteiger partial charge is 0.326 e. The van der Waals surface area contributed by atoms with Gasteiger partial charge in [0.1, 0.15) is 11.9 Å². The number of carbonyl (C=O) groups is 2. The van der Waals surface area contributed by atoms with E-state index in [1.54, 1.807) is 13.0 Å². The number of hydrogen-bond donors (Lipinski definition) is 3. The highest BCUT2D eigenvalue weighted by Gasteiger charge is 2.19. The Labute approximate surface area is 120 Å². The van der Waals surface area contributed by atoms with Gasteiger partial charge in [-0.25, -0.2) is 14.0 Å². The fourth-order valence-corrected chi connectivity index (χ4v) is 2.00. The van der Waals surface area contributed by atoms with Gasteiger partial charge in [0.15, 0.2) is 0 Å². The normalized spacial score (nSPS) is 11.8. The van der Waals surface area contributed by atoms with Crippen LogP contribution in [0.25, 0.3) is 0 Å². The molecule has 1 aromatic carbocycles. The van der Waals surface area contributed by atoms with E-state index in [-0.39, 0.29) is 5.69 Å². The third kappa shape index (κ3) is 5.08. The van der Waals surface area contributed by atoms with Gasteiger partial charge < -0.3 is 15.7 Å². The number of aliphatic carboxylic acids is 1. The summed E-state index contributed by atoms with van der Waals surface area (Å²) in [5.41, 5.74) is 0.749. The van der Waals surface area contributed by atoms with Crippen LogP contribution in [0.1, 0.15) is 12.0 Å². The van der Waals surface area contributed by atoms with E-state index in [1.807, 2.05) is 6.26 Å². The molecule has 0 aliphatic carbocycles. The average Bonchev–Trinajstić information content (AvgIpc) is 2.37. The number of halogens is 1. The molecule has 0 unspecified atom stereocenters. The van der Waals surface area contributed by atoms with Crippen molar-refractivity contribution in [3.63, 3.8) is 0 Å². The van der Waals surface area contributed by atoms with Crippen LogP contribution < -0.4 is 10.6 Å². The molecule has 0 aliphatic rings. The Balaban J connectivity index is 2.63. The quantitative estimate of drug-likeness (QED) is 0.754. The standard InChI is InChI=1S/C13H17FN2O3S/c1-8-3-4-10(9(14)7-8)15-13(19)16-11(12(17)18)5-6-20-2/h3-4,7,11H,5-6H2,1-2H3,(H,17,18)(H2,15,16,19)/t11-/m0/s1. The van der Waals surface area contributed by atoms with Crippen LogP contribution in [0, 0.1) is 12.7 Å².